The molecule has 162 valence electrons. The Morgan fingerprint density at radius 2 is 1.81 bits per heavy atom. The lowest BCUT2D eigenvalue weighted by Crippen LogP contribution is -2.46. The first-order valence-corrected chi connectivity index (χ1v) is 10.3. The second-order valence-corrected chi connectivity index (χ2v) is 8.15. The molecule has 0 amide bonds. The normalized spacial score (nSPS) is 20.9. The highest BCUT2D eigenvalue weighted by Crippen LogP contribution is 2.48. The molecule has 2 aliphatic rings. The number of carbonyl (C=O) groups is 1. The average molecular weight is 429 g/mol. The minimum absolute atomic E-state index is 0.0212. The van der Waals surface area contributed by atoms with Crippen molar-refractivity contribution in [2.24, 2.45) is 5.73 Å². The highest BCUT2D eigenvalue weighted by Gasteiger charge is 2.43. The molecule has 0 radical (unpaired) electrons. The van der Waals surface area contributed by atoms with E-state index in [0.29, 0.717) is 24.0 Å². The molecule has 2 aromatic rings. The number of rotatable bonds is 4. The van der Waals surface area contributed by atoms with Crippen LogP contribution >= 0.6 is 0 Å². The van der Waals surface area contributed by atoms with Crippen molar-refractivity contribution >= 4 is 11.5 Å². The first-order chi connectivity index (χ1) is 15.3. The summed E-state index contributed by atoms with van der Waals surface area (Å²) in [6, 6.07) is 18.1. The van der Waals surface area contributed by atoms with Gasteiger partial charge in [0.1, 0.15) is 5.82 Å². The van der Waals surface area contributed by atoms with Crippen molar-refractivity contribution in [2.75, 3.05) is 14.1 Å². The molecule has 1 aliphatic carbocycles. The number of hydrazine groups is 1. The summed E-state index contributed by atoms with van der Waals surface area (Å²) in [5.41, 5.74) is 9.36. The molecule has 0 saturated carbocycles. The number of nitrogens with zero attached hydrogens (tertiary/aromatic N) is 4. The number of nitro groups is 1. The summed E-state index contributed by atoms with van der Waals surface area (Å²) in [6.45, 7) is 0. The van der Waals surface area contributed by atoms with Crippen LogP contribution < -0.4 is 5.73 Å². The van der Waals surface area contributed by atoms with Gasteiger partial charge in [-0.15, -0.1) is 0 Å². The van der Waals surface area contributed by atoms with Crippen molar-refractivity contribution in [2.45, 2.75) is 24.7 Å². The number of hydrogen-bond donors (Lipinski definition) is 1. The van der Waals surface area contributed by atoms with E-state index >= 15 is 0 Å². The number of nitrogens with two attached hydrogens (primary N) is 1. The molecule has 1 aliphatic heterocycles. The summed E-state index contributed by atoms with van der Waals surface area (Å²) in [5, 5.41) is 24.8. The maximum absolute atomic E-state index is 13.5. The van der Waals surface area contributed by atoms with E-state index in [9.17, 15) is 20.2 Å². The molecule has 4 rings (SSSR count). The Hall–Kier alpha value is -3.96. The Morgan fingerprint density at radius 1 is 1.12 bits per heavy atom. The number of nitro benzene ring substituents is 1. The number of allylic oxidation sites excluding steroid dienone is 3. The zero-order chi connectivity index (χ0) is 23.0. The number of carbonyl (C=O) groups excluding carboxylic acids is 1. The monoisotopic (exact) mass is 429 g/mol. The first kappa shape index (κ1) is 21.3. The van der Waals surface area contributed by atoms with Crippen molar-refractivity contribution < 1.29 is 9.72 Å². The molecule has 2 aromatic carbocycles. The molecule has 0 saturated heterocycles. The van der Waals surface area contributed by atoms with Gasteiger partial charge in [-0.05, 0) is 23.5 Å². The van der Waals surface area contributed by atoms with Gasteiger partial charge < -0.3 is 5.73 Å². The quantitative estimate of drug-likeness (QED) is 0.583. The molecule has 32 heavy (non-hydrogen) atoms. The minimum atomic E-state index is -0.740. The minimum Gasteiger partial charge on any atom is -0.383 e. The number of non-ortho nitro benzene ring substituents is 1. The van der Waals surface area contributed by atoms with Gasteiger partial charge in [0.2, 0.25) is 0 Å². The highest BCUT2D eigenvalue weighted by atomic mass is 16.6. The fourth-order valence-electron chi connectivity index (χ4n) is 4.68. The number of ketones is 1. The van der Waals surface area contributed by atoms with Gasteiger partial charge >= 0.3 is 0 Å². The molecular weight excluding hydrogens is 406 g/mol. The Morgan fingerprint density at radius 3 is 2.44 bits per heavy atom. The van der Waals surface area contributed by atoms with Crippen LogP contribution in [-0.2, 0) is 4.79 Å². The van der Waals surface area contributed by atoms with E-state index in [2.05, 4.69) is 6.07 Å². The molecule has 0 spiro atoms. The van der Waals surface area contributed by atoms with Crippen LogP contribution in [-0.4, -0.2) is 34.8 Å². The predicted molar refractivity (Wildman–Crippen MR) is 119 cm³/mol. The van der Waals surface area contributed by atoms with Crippen LogP contribution in [0.2, 0.25) is 0 Å². The summed E-state index contributed by atoms with van der Waals surface area (Å²) in [6.07, 6.45) is 0.863. The van der Waals surface area contributed by atoms with E-state index in [1.54, 1.807) is 36.2 Å². The van der Waals surface area contributed by atoms with E-state index < -0.39 is 10.8 Å². The van der Waals surface area contributed by atoms with Gasteiger partial charge in [-0.1, -0.05) is 42.5 Å². The summed E-state index contributed by atoms with van der Waals surface area (Å²) in [4.78, 5) is 24.4. The van der Waals surface area contributed by atoms with Crippen LogP contribution in [0, 0.1) is 21.4 Å². The van der Waals surface area contributed by atoms with E-state index in [1.165, 1.54) is 12.1 Å². The van der Waals surface area contributed by atoms with E-state index in [0.717, 1.165) is 11.3 Å². The van der Waals surface area contributed by atoms with Gasteiger partial charge in [0, 0.05) is 43.9 Å². The third kappa shape index (κ3) is 3.53. The Balaban J connectivity index is 1.91. The molecule has 8 heteroatoms. The Labute approximate surface area is 186 Å². The van der Waals surface area contributed by atoms with Crippen molar-refractivity contribution in [3.05, 3.63) is 98.5 Å². The molecule has 2 N–H and O–H groups in total. The largest absolute Gasteiger partial charge is 0.383 e. The van der Waals surface area contributed by atoms with E-state index in [1.807, 2.05) is 30.3 Å². The standard InChI is InChI=1S/C24H23N5O3/c1-27(2)28-20-12-17(15-7-4-3-5-8-15)13-21(30)23(20)22(19(14-25)24(28)26)16-9-6-10-18(11-16)29(31)32/h3-11,17,22H,12-13,26H2,1-2H3. The van der Waals surface area contributed by atoms with Gasteiger partial charge in [0.15, 0.2) is 5.78 Å². The highest BCUT2D eigenvalue weighted by molar-refractivity contribution is 6.00. The van der Waals surface area contributed by atoms with Gasteiger partial charge in [0.05, 0.1) is 22.5 Å². The molecule has 0 bridgehead atoms. The fourth-order valence-corrected chi connectivity index (χ4v) is 4.68. The van der Waals surface area contributed by atoms with Crippen LogP contribution in [0.15, 0.2) is 77.3 Å². The van der Waals surface area contributed by atoms with E-state index in [4.69, 9.17) is 5.73 Å². The smallest absolute Gasteiger partial charge is 0.269 e. The summed E-state index contributed by atoms with van der Waals surface area (Å²) in [5.74, 6) is -0.611. The van der Waals surface area contributed by atoms with Crippen molar-refractivity contribution in [1.29, 1.82) is 5.26 Å². The average Bonchev–Trinajstić information content (AvgIpc) is 2.78. The SMILES string of the molecule is CN(C)N1C(N)=C(C#N)C(c2cccc([N+](=O)[O-])c2)C2=C1CC(c1ccccc1)CC2=O. The lowest BCUT2D eigenvalue weighted by molar-refractivity contribution is -0.384. The summed E-state index contributed by atoms with van der Waals surface area (Å²) < 4.78 is 0. The van der Waals surface area contributed by atoms with Gasteiger partial charge in [0.25, 0.3) is 5.69 Å². The number of hydrogen-bond acceptors (Lipinski definition) is 7. The number of benzene rings is 2. The van der Waals surface area contributed by atoms with Crippen LogP contribution in [0.25, 0.3) is 0 Å². The lowest BCUT2D eigenvalue weighted by atomic mass is 9.72. The topological polar surface area (TPSA) is 116 Å². The Bertz CT molecular complexity index is 1190. The predicted octanol–water partition coefficient (Wildman–Crippen LogP) is 3.57. The molecular formula is C24H23N5O3. The maximum Gasteiger partial charge on any atom is 0.269 e. The van der Waals surface area contributed by atoms with Gasteiger partial charge in [-0.2, -0.15) is 5.26 Å². The van der Waals surface area contributed by atoms with Crippen molar-refractivity contribution in [1.82, 2.24) is 10.0 Å². The summed E-state index contributed by atoms with van der Waals surface area (Å²) in [7, 11) is 3.60. The molecule has 0 fully saturated rings. The van der Waals surface area contributed by atoms with Gasteiger partial charge in [-0.25, -0.2) is 5.01 Å². The number of Topliss-reactive ketones (excluding diaryl/α,β-unsaturated/α-hetero) is 1. The zero-order valence-electron chi connectivity index (χ0n) is 17.9. The second kappa shape index (κ2) is 8.29. The van der Waals surface area contributed by atoms with Crippen LogP contribution in [0.5, 0.6) is 0 Å². The molecule has 2 unspecified atom stereocenters. The summed E-state index contributed by atoms with van der Waals surface area (Å²) >= 11 is 0. The Kier molecular flexibility index (Phi) is 5.51. The zero-order valence-corrected chi connectivity index (χ0v) is 17.9. The van der Waals surface area contributed by atoms with Crippen molar-refractivity contribution in [3.63, 3.8) is 0 Å². The molecule has 8 nitrogen and oxygen atoms in total. The van der Waals surface area contributed by atoms with Crippen LogP contribution in [0.1, 0.15) is 35.8 Å². The lowest BCUT2D eigenvalue weighted by Gasteiger charge is -2.43. The van der Waals surface area contributed by atoms with E-state index in [-0.39, 0.29) is 28.8 Å². The third-order valence-corrected chi connectivity index (χ3v) is 6.03. The van der Waals surface area contributed by atoms with Gasteiger partial charge in [-0.3, -0.25) is 19.9 Å². The molecule has 2 atom stereocenters. The van der Waals surface area contributed by atoms with Crippen LogP contribution in [0.4, 0.5) is 5.69 Å². The molecule has 1 heterocycles. The second-order valence-electron chi connectivity index (χ2n) is 8.15. The molecule has 0 aromatic heterocycles. The van der Waals surface area contributed by atoms with Crippen molar-refractivity contribution in [3.8, 4) is 6.07 Å². The maximum atomic E-state index is 13.5. The first-order valence-electron chi connectivity index (χ1n) is 10.3. The van der Waals surface area contributed by atoms with Crippen LogP contribution in [0.3, 0.4) is 0 Å². The number of nitriles is 1. The third-order valence-electron chi connectivity index (χ3n) is 6.03. The fraction of sp³-hybridized carbons (Fsp3) is 0.250.